The molecule has 1 aromatic heterocycles. The van der Waals surface area contributed by atoms with Crippen molar-refractivity contribution in [3.8, 4) is 0 Å². The van der Waals surface area contributed by atoms with Gasteiger partial charge >= 0.3 is 0 Å². The van der Waals surface area contributed by atoms with Crippen LogP contribution in [0, 0.1) is 6.92 Å². The molecule has 1 aromatic carbocycles. The molecule has 2 aromatic rings. The lowest BCUT2D eigenvalue weighted by molar-refractivity contribution is 0.447. The van der Waals surface area contributed by atoms with Gasteiger partial charge in [-0.1, -0.05) is 36.8 Å². The summed E-state index contributed by atoms with van der Waals surface area (Å²) in [4.78, 5) is 3.97. The van der Waals surface area contributed by atoms with Crippen molar-refractivity contribution in [1.29, 1.82) is 0 Å². The van der Waals surface area contributed by atoms with Crippen LogP contribution in [0.15, 0.2) is 36.9 Å². The molecular formula is C13H18N4. The maximum atomic E-state index is 4.15. The Morgan fingerprint density at radius 2 is 2.29 bits per heavy atom. The van der Waals surface area contributed by atoms with Crippen molar-refractivity contribution >= 4 is 0 Å². The molecule has 1 unspecified atom stereocenters. The second kappa shape index (κ2) is 5.59. The van der Waals surface area contributed by atoms with Crippen molar-refractivity contribution in [2.75, 3.05) is 6.54 Å². The molecule has 0 saturated heterocycles. The SMILES string of the molecule is CCNC(Cn1cncn1)c1cccc(C)c1. The van der Waals surface area contributed by atoms with Gasteiger partial charge in [0.05, 0.1) is 12.6 Å². The molecule has 0 aliphatic heterocycles. The number of nitrogens with one attached hydrogen (secondary N) is 1. The molecule has 0 spiro atoms. The van der Waals surface area contributed by atoms with Crippen molar-refractivity contribution in [2.45, 2.75) is 26.4 Å². The minimum atomic E-state index is 0.279. The third kappa shape index (κ3) is 3.14. The molecule has 0 radical (unpaired) electrons. The standard InChI is InChI=1S/C13H18N4/c1-3-15-13(8-17-10-14-9-16-17)12-6-4-5-11(2)7-12/h4-7,9-10,13,15H,3,8H2,1-2H3. The summed E-state index contributed by atoms with van der Waals surface area (Å²) >= 11 is 0. The topological polar surface area (TPSA) is 42.7 Å². The Bertz CT molecular complexity index is 450. The lowest BCUT2D eigenvalue weighted by Crippen LogP contribution is -2.25. The molecule has 4 heteroatoms. The summed E-state index contributed by atoms with van der Waals surface area (Å²) in [7, 11) is 0. The highest BCUT2D eigenvalue weighted by Gasteiger charge is 2.11. The van der Waals surface area contributed by atoms with Crippen molar-refractivity contribution in [1.82, 2.24) is 20.1 Å². The molecule has 1 heterocycles. The Kier molecular flexibility index (Phi) is 3.88. The van der Waals surface area contributed by atoms with E-state index in [0.29, 0.717) is 0 Å². The minimum Gasteiger partial charge on any atom is -0.309 e. The van der Waals surface area contributed by atoms with Crippen molar-refractivity contribution in [3.05, 3.63) is 48.0 Å². The molecule has 0 saturated carbocycles. The highest BCUT2D eigenvalue weighted by atomic mass is 15.3. The van der Waals surface area contributed by atoms with Crippen LogP contribution < -0.4 is 5.32 Å². The van der Waals surface area contributed by atoms with E-state index in [-0.39, 0.29) is 6.04 Å². The first-order valence-electron chi connectivity index (χ1n) is 5.92. The fraction of sp³-hybridized carbons (Fsp3) is 0.385. The molecule has 0 fully saturated rings. The van der Waals surface area contributed by atoms with Crippen LogP contribution in [-0.2, 0) is 6.54 Å². The quantitative estimate of drug-likeness (QED) is 0.853. The molecule has 4 nitrogen and oxygen atoms in total. The Balaban J connectivity index is 2.16. The molecule has 1 N–H and O–H groups in total. The second-order valence-electron chi connectivity index (χ2n) is 4.14. The summed E-state index contributed by atoms with van der Waals surface area (Å²) in [5.41, 5.74) is 2.58. The number of likely N-dealkylation sites (N-methyl/N-ethyl adjacent to an activating group) is 1. The molecule has 17 heavy (non-hydrogen) atoms. The predicted octanol–water partition coefficient (Wildman–Crippen LogP) is 1.94. The number of aromatic nitrogens is 3. The van der Waals surface area contributed by atoms with Gasteiger partial charge in [0.15, 0.2) is 0 Å². The van der Waals surface area contributed by atoms with Crippen molar-refractivity contribution < 1.29 is 0 Å². The predicted molar refractivity (Wildman–Crippen MR) is 67.6 cm³/mol. The van der Waals surface area contributed by atoms with E-state index in [1.165, 1.54) is 11.1 Å². The van der Waals surface area contributed by atoms with E-state index >= 15 is 0 Å². The number of aryl methyl sites for hydroxylation is 1. The summed E-state index contributed by atoms with van der Waals surface area (Å²) in [5, 5.41) is 7.63. The highest BCUT2D eigenvalue weighted by molar-refractivity contribution is 5.25. The number of nitrogens with zero attached hydrogens (tertiary/aromatic N) is 3. The van der Waals surface area contributed by atoms with Gasteiger partial charge in [-0.3, -0.25) is 4.68 Å². The third-order valence-electron chi connectivity index (χ3n) is 2.73. The monoisotopic (exact) mass is 230 g/mol. The highest BCUT2D eigenvalue weighted by Crippen LogP contribution is 2.16. The van der Waals surface area contributed by atoms with Gasteiger partial charge in [-0.25, -0.2) is 4.98 Å². The fourth-order valence-electron chi connectivity index (χ4n) is 1.94. The van der Waals surface area contributed by atoms with Gasteiger partial charge in [0, 0.05) is 0 Å². The molecule has 0 amide bonds. The first-order chi connectivity index (χ1) is 8.29. The lowest BCUT2D eigenvalue weighted by Gasteiger charge is -2.18. The van der Waals surface area contributed by atoms with Crippen molar-refractivity contribution in [2.24, 2.45) is 0 Å². The zero-order valence-corrected chi connectivity index (χ0v) is 10.3. The number of rotatable bonds is 5. The average molecular weight is 230 g/mol. The molecule has 0 aliphatic rings. The maximum Gasteiger partial charge on any atom is 0.137 e. The van der Waals surface area contributed by atoms with E-state index in [0.717, 1.165) is 13.1 Å². The average Bonchev–Trinajstić information content (AvgIpc) is 2.81. The van der Waals surface area contributed by atoms with Gasteiger partial charge in [-0.05, 0) is 19.0 Å². The number of benzene rings is 1. The van der Waals surface area contributed by atoms with E-state index in [4.69, 9.17) is 0 Å². The molecular weight excluding hydrogens is 212 g/mol. The number of hydrogen-bond acceptors (Lipinski definition) is 3. The van der Waals surface area contributed by atoms with Crippen LogP contribution in [-0.4, -0.2) is 21.3 Å². The van der Waals surface area contributed by atoms with Crippen LogP contribution in [0.3, 0.4) is 0 Å². The summed E-state index contributed by atoms with van der Waals surface area (Å²) in [6, 6.07) is 8.85. The second-order valence-corrected chi connectivity index (χ2v) is 4.14. The largest absolute Gasteiger partial charge is 0.309 e. The van der Waals surface area contributed by atoms with Gasteiger partial charge in [0.25, 0.3) is 0 Å². The van der Waals surface area contributed by atoms with E-state index in [1.807, 2.05) is 4.68 Å². The Labute approximate surface area is 102 Å². The first kappa shape index (κ1) is 11.8. The van der Waals surface area contributed by atoms with E-state index < -0.39 is 0 Å². The Morgan fingerprint density at radius 1 is 1.41 bits per heavy atom. The Morgan fingerprint density at radius 3 is 2.94 bits per heavy atom. The summed E-state index contributed by atoms with van der Waals surface area (Å²) in [6.45, 7) is 5.97. The van der Waals surface area contributed by atoms with Gasteiger partial charge in [-0.2, -0.15) is 5.10 Å². The zero-order valence-electron chi connectivity index (χ0n) is 10.3. The third-order valence-corrected chi connectivity index (χ3v) is 2.73. The van der Waals surface area contributed by atoms with Gasteiger partial charge in [0.1, 0.15) is 12.7 Å². The fourth-order valence-corrected chi connectivity index (χ4v) is 1.94. The van der Waals surface area contributed by atoms with E-state index in [9.17, 15) is 0 Å². The van der Waals surface area contributed by atoms with Crippen LogP contribution in [0.25, 0.3) is 0 Å². The van der Waals surface area contributed by atoms with Gasteiger partial charge < -0.3 is 5.32 Å². The Hall–Kier alpha value is -1.68. The summed E-state index contributed by atoms with van der Waals surface area (Å²) < 4.78 is 1.86. The smallest absolute Gasteiger partial charge is 0.137 e. The van der Waals surface area contributed by atoms with Gasteiger partial charge in [0.2, 0.25) is 0 Å². The van der Waals surface area contributed by atoms with Crippen LogP contribution >= 0.6 is 0 Å². The molecule has 1 atom stereocenters. The summed E-state index contributed by atoms with van der Waals surface area (Å²) in [6.07, 6.45) is 3.32. The molecule has 2 rings (SSSR count). The normalized spacial score (nSPS) is 12.6. The zero-order chi connectivity index (χ0) is 12.1. The lowest BCUT2D eigenvalue weighted by atomic mass is 10.0. The minimum absolute atomic E-state index is 0.279. The van der Waals surface area contributed by atoms with Crippen molar-refractivity contribution in [3.63, 3.8) is 0 Å². The van der Waals surface area contributed by atoms with Crippen LogP contribution in [0.4, 0.5) is 0 Å². The van der Waals surface area contributed by atoms with E-state index in [2.05, 4.69) is 53.5 Å². The first-order valence-corrected chi connectivity index (χ1v) is 5.92. The van der Waals surface area contributed by atoms with Crippen LogP contribution in [0.5, 0.6) is 0 Å². The number of hydrogen-bond donors (Lipinski definition) is 1. The van der Waals surface area contributed by atoms with E-state index in [1.54, 1.807) is 12.7 Å². The van der Waals surface area contributed by atoms with Gasteiger partial charge in [-0.15, -0.1) is 0 Å². The van der Waals surface area contributed by atoms with Crippen LogP contribution in [0.2, 0.25) is 0 Å². The van der Waals surface area contributed by atoms with Crippen LogP contribution in [0.1, 0.15) is 24.1 Å². The summed E-state index contributed by atoms with van der Waals surface area (Å²) in [5.74, 6) is 0. The molecule has 0 aliphatic carbocycles. The molecule has 90 valence electrons. The maximum absolute atomic E-state index is 4.15. The molecule has 0 bridgehead atoms.